The van der Waals surface area contributed by atoms with E-state index >= 15 is 0 Å². The lowest BCUT2D eigenvalue weighted by atomic mass is 10.1. The number of carbonyl (C=O) groups excluding carboxylic acids is 1. The first-order valence-corrected chi connectivity index (χ1v) is 7.06. The Morgan fingerprint density at radius 3 is 2.80 bits per heavy atom. The summed E-state index contributed by atoms with van der Waals surface area (Å²) in [5.41, 5.74) is 5.76. The molecule has 1 aliphatic carbocycles. The van der Waals surface area contributed by atoms with Gasteiger partial charge in [0.1, 0.15) is 0 Å². The van der Waals surface area contributed by atoms with Crippen LogP contribution in [0.1, 0.15) is 26.2 Å². The van der Waals surface area contributed by atoms with Gasteiger partial charge in [-0.15, -0.1) is 0 Å². The van der Waals surface area contributed by atoms with Crippen molar-refractivity contribution in [2.45, 2.75) is 32.2 Å². The third-order valence-corrected chi connectivity index (χ3v) is 3.64. The largest absolute Gasteiger partial charge is 0.354 e. The van der Waals surface area contributed by atoms with Gasteiger partial charge < -0.3 is 11.1 Å². The van der Waals surface area contributed by atoms with Crippen LogP contribution in [-0.4, -0.2) is 30.5 Å². The van der Waals surface area contributed by atoms with Crippen LogP contribution in [0.4, 0.5) is 0 Å². The maximum atomic E-state index is 11.6. The normalized spacial score (nSPS) is 19.7. The van der Waals surface area contributed by atoms with E-state index < -0.39 is 0 Å². The van der Waals surface area contributed by atoms with Crippen molar-refractivity contribution in [3.8, 4) is 0 Å². The molecule has 0 aromatic rings. The summed E-state index contributed by atoms with van der Waals surface area (Å²) in [6.45, 7) is 2.99. The maximum absolute atomic E-state index is 11.6. The number of rotatable bonds is 7. The highest BCUT2D eigenvalue weighted by molar-refractivity contribution is 7.98. The van der Waals surface area contributed by atoms with E-state index in [1.807, 2.05) is 6.26 Å². The molecule has 1 aliphatic rings. The zero-order valence-corrected chi connectivity index (χ0v) is 10.5. The second-order valence-electron chi connectivity index (χ2n) is 4.45. The Hall–Kier alpha value is -0.220. The molecule has 0 aromatic carbocycles. The van der Waals surface area contributed by atoms with Crippen molar-refractivity contribution in [1.82, 2.24) is 5.32 Å². The SMILES string of the molecule is CSCC[C@@H](N)C(=O)NCC(C)C1CC1. The van der Waals surface area contributed by atoms with Crippen molar-refractivity contribution in [3.05, 3.63) is 0 Å². The van der Waals surface area contributed by atoms with Gasteiger partial charge in [0.15, 0.2) is 0 Å². The average molecular weight is 230 g/mol. The first-order chi connectivity index (χ1) is 7.15. The lowest BCUT2D eigenvalue weighted by molar-refractivity contribution is -0.122. The van der Waals surface area contributed by atoms with Crippen molar-refractivity contribution in [3.63, 3.8) is 0 Å². The van der Waals surface area contributed by atoms with Gasteiger partial charge in [0, 0.05) is 6.54 Å². The van der Waals surface area contributed by atoms with Gasteiger partial charge in [0.05, 0.1) is 6.04 Å². The molecule has 4 heteroatoms. The van der Waals surface area contributed by atoms with Crippen LogP contribution < -0.4 is 11.1 Å². The highest BCUT2D eigenvalue weighted by Crippen LogP contribution is 2.35. The van der Waals surface area contributed by atoms with E-state index in [1.54, 1.807) is 11.8 Å². The molecule has 15 heavy (non-hydrogen) atoms. The quantitative estimate of drug-likeness (QED) is 0.691. The highest BCUT2D eigenvalue weighted by Gasteiger charge is 2.28. The van der Waals surface area contributed by atoms with E-state index in [2.05, 4.69) is 12.2 Å². The molecular weight excluding hydrogens is 208 g/mol. The lowest BCUT2D eigenvalue weighted by Crippen LogP contribution is -2.42. The summed E-state index contributed by atoms with van der Waals surface area (Å²) in [5.74, 6) is 2.42. The minimum absolute atomic E-state index is 0.0107. The van der Waals surface area contributed by atoms with Gasteiger partial charge in [-0.2, -0.15) is 11.8 Å². The predicted molar refractivity (Wildman–Crippen MR) is 65.9 cm³/mol. The highest BCUT2D eigenvalue weighted by atomic mass is 32.2. The number of carbonyl (C=O) groups is 1. The van der Waals surface area contributed by atoms with Crippen molar-refractivity contribution < 1.29 is 4.79 Å². The van der Waals surface area contributed by atoms with Crippen LogP contribution in [0.5, 0.6) is 0 Å². The Balaban J connectivity index is 2.10. The van der Waals surface area contributed by atoms with E-state index in [-0.39, 0.29) is 11.9 Å². The summed E-state index contributed by atoms with van der Waals surface area (Å²) in [5, 5.41) is 2.94. The van der Waals surface area contributed by atoms with Crippen LogP contribution in [-0.2, 0) is 4.79 Å². The molecule has 3 nitrogen and oxygen atoms in total. The van der Waals surface area contributed by atoms with Gasteiger partial charge in [0.25, 0.3) is 0 Å². The predicted octanol–water partition coefficient (Wildman–Crippen LogP) is 1.23. The number of amides is 1. The van der Waals surface area contributed by atoms with Gasteiger partial charge in [-0.1, -0.05) is 6.92 Å². The van der Waals surface area contributed by atoms with Crippen molar-refractivity contribution >= 4 is 17.7 Å². The summed E-state index contributed by atoms with van der Waals surface area (Å²) in [7, 11) is 0. The Bertz CT molecular complexity index is 207. The number of nitrogens with two attached hydrogens (primary N) is 1. The Morgan fingerprint density at radius 1 is 1.60 bits per heavy atom. The first kappa shape index (κ1) is 12.8. The average Bonchev–Trinajstić information content (AvgIpc) is 3.05. The van der Waals surface area contributed by atoms with Gasteiger partial charge in [-0.25, -0.2) is 0 Å². The molecule has 88 valence electrons. The molecule has 1 unspecified atom stereocenters. The third-order valence-electron chi connectivity index (χ3n) is 2.99. The van der Waals surface area contributed by atoms with Crippen molar-refractivity contribution in [2.75, 3.05) is 18.6 Å². The molecule has 3 N–H and O–H groups in total. The summed E-state index contributed by atoms with van der Waals surface area (Å²) in [4.78, 5) is 11.6. The molecule has 2 atom stereocenters. The molecule has 1 amide bonds. The second-order valence-corrected chi connectivity index (χ2v) is 5.43. The molecule has 1 rings (SSSR count). The van der Waals surface area contributed by atoms with E-state index in [4.69, 9.17) is 5.73 Å². The standard InChI is InChI=1S/C11H22N2OS/c1-8(9-3-4-9)7-13-11(14)10(12)5-6-15-2/h8-10H,3-7,12H2,1-2H3,(H,13,14)/t8?,10-/m1/s1. The molecule has 0 bridgehead atoms. The third kappa shape index (κ3) is 4.89. The smallest absolute Gasteiger partial charge is 0.236 e. The fourth-order valence-electron chi connectivity index (χ4n) is 1.60. The minimum atomic E-state index is -0.330. The van der Waals surface area contributed by atoms with Gasteiger partial charge >= 0.3 is 0 Å². The molecular formula is C11H22N2OS. The number of thioether (sulfide) groups is 1. The van der Waals surface area contributed by atoms with Gasteiger partial charge in [-0.05, 0) is 43.1 Å². The summed E-state index contributed by atoms with van der Waals surface area (Å²) < 4.78 is 0. The molecule has 0 spiro atoms. The first-order valence-electron chi connectivity index (χ1n) is 5.67. The Labute approximate surface area is 96.6 Å². The van der Waals surface area contributed by atoms with Crippen LogP contribution in [0.15, 0.2) is 0 Å². The zero-order valence-electron chi connectivity index (χ0n) is 9.66. The van der Waals surface area contributed by atoms with Crippen LogP contribution in [0.3, 0.4) is 0 Å². The molecule has 0 saturated heterocycles. The molecule has 0 heterocycles. The van der Waals surface area contributed by atoms with Gasteiger partial charge in [0.2, 0.25) is 5.91 Å². The molecule has 1 fully saturated rings. The maximum Gasteiger partial charge on any atom is 0.236 e. The van der Waals surface area contributed by atoms with Crippen LogP contribution in [0, 0.1) is 11.8 Å². The van der Waals surface area contributed by atoms with Crippen molar-refractivity contribution in [1.29, 1.82) is 0 Å². The van der Waals surface area contributed by atoms with E-state index in [1.165, 1.54) is 12.8 Å². The molecule has 0 aromatic heterocycles. The van der Waals surface area contributed by atoms with Crippen molar-refractivity contribution in [2.24, 2.45) is 17.6 Å². The zero-order chi connectivity index (χ0) is 11.3. The summed E-state index contributed by atoms with van der Waals surface area (Å²) in [6, 6.07) is -0.330. The van der Waals surface area contributed by atoms with E-state index in [9.17, 15) is 4.79 Å². The monoisotopic (exact) mass is 230 g/mol. The molecule has 0 radical (unpaired) electrons. The second kappa shape index (κ2) is 6.38. The lowest BCUT2D eigenvalue weighted by Gasteiger charge is -2.14. The van der Waals surface area contributed by atoms with Crippen LogP contribution in [0.2, 0.25) is 0 Å². The fraction of sp³-hybridized carbons (Fsp3) is 0.909. The summed E-state index contributed by atoms with van der Waals surface area (Å²) >= 11 is 1.73. The molecule has 1 saturated carbocycles. The van der Waals surface area contributed by atoms with Gasteiger partial charge in [-0.3, -0.25) is 4.79 Å². The number of hydrogen-bond donors (Lipinski definition) is 2. The van der Waals surface area contributed by atoms with Crippen LogP contribution in [0.25, 0.3) is 0 Å². The van der Waals surface area contributed by atoms with Crippen LogP contribution >= 0.6 is 11.8 Å². The summed E-state index contributed by atoms with van der Waals surface area (Å²) in [6.07, 6.45) is 5.45. The van der Waals surface area contributed by atoms with E-state index in [0.29, 0.717) is 5.92 Å². The minimum Gasteiger partial charge on any atom is -0.354 e. The molecule has 0 aliphatic heterocycles. The Morgan fingerprint density at radius 2 is 2.27 bits per heavy atom. The number of nitrogens with one attached hydrogen (secondary N) is 1. The topological polar surface area (TPSA) is 55.1 Å². The van der Waals surface area contributed by atoms with E-state index in [0.717, 1.165) is 24.6 Å². The Kier molecular flexibility index (Phi) is 5.47. The fourth-order valence-corrected chi connectivity index (χ4v) is 2.09. The number of hydrogen-bond acceptors (Lipinski definition) is 3.